The summed E-state index contributed by atoms with van der Waals surface area (Å²) >= 11 is 12.8. The molecule has 18 heteroatoms. The lowest BCUT2D eigenvalue weighted by Crippen LogP contribution is -2.47. The Hall–Kier alpha value is -3.58. The van der Waals surface area contributed by atoms with Gasteiger partial charge in [-0.05, 0) is 122 Å². The van der Waals surface area contributed by atoms with Crippen LogP contribution in [0.5, 0.6) is 0 Å². The first-order valence-electron chi connectivity index (χ1n) is 20.9. The number of primary sulfonamides is 1. The number of nitrogens with zero attached hydrogens (tertiary/aromatic N) is 4. The summed E-state index contributed by atoms with van der Waals surface area (Å²) in [5.74, 6) is -0.434. The Morgan fingerprint density at radius 1 is 0.841 bits per heavy atom. The van der Waals surface area contributed by atoms with E-state index in [0.717, 1.165) is 73.3 Å². The van der Waals surface area contributed by atoms with Crippen LogP contribution in [0.2, 0.25) is 5.02 Å². The zero-order chi connectivity index (χ0) is 44.8. The van der Waals surface area contributed by atoms with Crippen molar-refractivity contribution in [2.75, 3.05) is 81.1 Å². The van der Waals surface area contributed by atoms with Crippen LogP contribution in [-0.4, -0.2) is 115 Å². The summed E-state index contributed by atoms with van der Waals surface area (Å²) in [7, 11) is -10.3. The number of alkyl halides is 3. The maximum Gasteiger partial charge on any atom is 0.427 e. The second-order valence-electron chi connectivity index (χ2n) is 15.9. The number of allylic oxidation sites excluding steroid dienone is 1. The van der Waals surface area contributed by atoms with Gasteiger partial charge in [0, 0.05) is 85.3 Å². The predicted molar refractivity (Wildman–Crippen MR) is 247 cm³/mol. The Morgan fingerprint density at radius 3 is 2.16 bits per heavy atom. The second-order valence-corrected chi connectivity index (χ2v) is 21.7. The molecule has 0 bridgehead atoms. The van der Waals surface area contributed by atoms with Gasteiger partial charge in [-0.15, -0.1) is 11.8 Å². The number of morpholine rings is 1. The quantitative estimate of drug-likeness (QED) is 0.0866. The van der Waals surface area contributed by atoms with Gasteiger partial charge in [-0.2, -0.15) is 8.78 Å². The van der Waals surface area contributed by atoms with E-state index in [0.29, 0.717) is 45.3 Å². The van der Waals surface area contributed by atoms with Crippen molar-refractivity contribution in [1.29, 1.82) is 0 Å². The fraction of sp³-hybridized carbons (Fsp3) is 0.400. The Morgan fingerprint density at radius 2 is 1.51 bits per heavy atom. The van der Waals surface area contributed by atoms with Crippen LogP contribution in [0.4, 0.5) is 20.2 Å². The first-order chi connectivity index (χ1) is 30.1. The number of piperazine rings is 1. The Balaban J connectivity index is 1.18. The summed E-state index contributed by atoms with van der Waals surface area (Å²) in [5, 5.41) is 6.08. The third-order valence-electron chi connectivity index (χ3n) is 11.8. The van der Waals surface area contributed by atoms with E-state index in [4.69, 9.17) is 33.1 Å². The van der Waals surface area contributed by atoms with Gasteiger partial charge in [0.1, 0.15) is 0 Å². The number of anilines is 2. The van der Waals surface area contributed by atoms with Gasteiger partial charge in [-0.1, -0.05) is 47.5 Å². The van der Waals surface area contributed by atoms with Gasteiger partial charge in [-0.3, -0.25) is 14.6 Å². The molecule has 0 radical (unpaired) electrons. The molecule has 7 rings (SSSR count). The molecule has 3 aliphatic rings. The summed E-state index contributed by atoms with van der Waals surface area (Å²) < 4.78 is 82.5. The fourth-order valence-electron chi connectivity index (χ4n) is 8.36. The van der Waals surface area contributed by atoms with Crippen molar-refractivity contribution in [3.63, 3.8) is 0 Å². The molecule has 0 saturated carbocycles. The molecular formula is C45H51Cl2F2N5O6S3. The first-order valence-corrected chi connectivity index (χ1v) is 25.7. The van der Waals surface area contributed by atoms with Crippen LogP contribution in [0.3, 0.4) is 0 Å². The van der Waals surface area contributed by atoms with Crippen molar-refractivity contribution >= 4 is 77.7 Å². The molecule has 63 heavy (non-hydrogen) atoms. The van der Waals surface area contributed by atoms with Crippen LogP contribution in [0.25, 0.3) is 5.57 Å². The van der Waals surface area contributed by atoms with Crippen molar-refractivity contribution in [2.24, 2.45) is 5.14 Å². The lowest BCUT2D eigenvalue weighted by Gasteiger charge is -2.37. The number of sulfone groups is 1. The summed E-state index contributed by atoms with van der Waals surface area (Å²) in [6.45, 7) is 6.85. The van der Waals surface area contributed by atoms with Gasteiger partial charge in [0.05, 0.1) is 28.7 Å². The number of ether oxygens (including phenoxy) is 1. The molecule has 1 aliphatic carbocycles. The number of nitrogens with two attached hydrogens (primary N) is 1. The zero-order valence-corrected chi connectivity index (χ0v) is 38.6. The average molecular weight is 963 g/mol. The van der Waals surface area contributed by atoms with E-state index < -0.39 is 52.0 Å². The molecule has 0 aromatic heterocycles. The summed E-state index contributed by atoms with van der Waals surface area (Å²) in [6.07, 6.45) is 4.77. The lowest BCUT2D eigenvalue weighted by atomic mass is 9.87. The molecule has 338 valence electrons. The lowest BCUT2D eigenvalue weighted by molar-refractivity contribution is 0.0367. The van der Waals surface area contributed by atoms with Gasteiger partial charge in [0.25, 0.3) is 15.7 Å². The molecular weight excluding hydrogens is 912 g/mol. The summed E-state index contributed by atoms with van der Waals surface area (Å²) in [4.78, 5) is 22.1. The van der Waals surface area contributed by atoms with Crippen LogP contribution >= 0.6 is 35.0 Å². The van der Waals surface area contributed by atoms with E-state index >= 15 is 4.79 Å². The number of carbonyl (C=O) groups excluding carboxylic acids is 1. The van der Waals surface area contributed by atoms with E-state index in [9.17, 15) is 25.6 Å². The summed E-state index contributed by atoms with van der Waals surface area (Å²) in [5.41, 5.74) is 4.74. The predicted octanol–water partition coefficient (Wildman–Crippen LogP) is 8.23. The minimum absolute atomic E-state index is 0.175. The van der Waals surface area contributed by atoms with Gasteiger partial charge < -0.3 is 14.5 Å². The molecule has 2 aliphatic heterocycles. The van der Waals surface area contributed by atoms with Crippen molar-refractivity contribution < 1.29 is 35.1 Å². The molecule has 4 aromatic rings. The highest BCUT2D eigenvalue weighted by Crippen LogP contribution is 2.41. The fourth-order valence-corrected chi connectivity index (χ4v) is 11.4. The monoisotopic (exact) mass is 961 g/mol. The van der Waals surface area contributed by atoms with Gasteiger partial charge in [0.2, 0.25) is 10.0 Å². The second kappa shape index (κ2) is 20.7. The number of amides is 1. The minimum atomic E-state index is -5.77. The zero-order valence-electron chi connectivity index (χ0n) is 34.7. The maximum absolute atomic E-state index is 15.0. The molecule has 1 atom stereocenters. The Kier molecular flexibility index (Phi) is 15.6. The van der Waals surface area contributed by atoms with Gasteiger partial charge in [0.15, 0.2) is 0 Å². The minimum Gasteiger partial charge on any atom is -0.379 e. The molecule has 2 fully saturated rings. The SMILES string of the molecule is NS(=O)(=O)c1ccc(N(C(=O)c2ccc(N3CCN(CC4=C(c5ccc(Cl)cc5)CCCC4)CC3)cc2)[C@H](CCN2CCOCC2)CSc2ccccc2)c(S(=O)(=O)C(F)(F)Cl)c1. The number of carbonyl (C=O) groups is 1. The largest absolute Gasteiger partial charge is 0.427 e. The molecule has 2 N–H and O–H groups in total. The number of rotatable bonds is 16. The molecule has 1 amide bonds. The van der Waals surface area contributed by atoms with Crippen LogP contribution in [0.1, 0.15) is 48.0 Å². The first kappa shape index (κ1) is 47.4. The van der Waals surface area contributed by atoms with Crippen LogP contribution in [-0.2, 0) is 24.6 Å². The van der Waals surface area contributed by atoms with Crippen molar-refractivity contribution in [3.05, 3.63) is 119 Å². The highest BCUT2D eigenvalue weighted by Gasteiger charge is 2.47. The number of hydrogen-bond acceptors (Lipinski definition) is 10. The van der Waals surface area contributed by atoms with E-state index in [1.165, 1.54) is 46.2 Å². The van der Waals surface area contributed by atoms with Gasteiger partial charge >= 0.3 is 4.71 Å². The molecule has 2 heterocycles. The molecule has 0 spiro atoms. The van der Waals surface area contributed by atoms with E-state index in [1.807, 2.05) is 54.6 Å². The third-order valence-corrected chi connectivity index (χ3v) is 16.3. The smallest absolute Gasteiger partial charge is 0.379 e. The van der Waals surface area contributed by atoms with E-state index in [-0.39, 0.29) is 11.3 Å². The van der Waals surface area contributed by atoms with E-state index in [1.54, 1.807) is 12.1 Å². The van der Waals surface area contributed by atoms with Crippen molar-refractivity contribution in [1.82, 2.24) is 9.80 Å². The molecule has 11 nitrogen and oxygen atoms in total. The summed E-state index contributed by atoms with van der Waals surface area (Å²) in [6, 6.07) is 26.2. The highest BCUT2D eigenvalue weighted by molar-refractivity contribution is 7.99. The van der Waals surface area contributed by atoms with Crippen LogP contribution in [0, 0.1) is 0 Å². The number of sulfonamides is 1. The standard InChI is InChI=1S/C45H51Cl2F2N5O6S3/c46-36-14-10-33(11-15-36)41-9-5-4-6-35(41)31-52-22-24-53(25-23-52)37-16-12-34(13-17-37)44(55)54(42-19-18-40(63(50,58)59)30-43(42)62(56,57)45(47,48)49)38(20-21-51-26-28-60-29-27-51)32-61-39-7-2-1-3-8-39/h1-3,7-8,10-19,30,38H,4-6,9,20-29,31-32H2,(H2,50,58,59)/t38-/m1/s1. The normalized spacial score (nSPS) is 17.8. The van der Waals surface area contributed by atoms with Crippen LogP contribution < -0.4 is 14.9 Å². The molecule has 4 aromatic carbocycles. The number of benzene rings is 4. The van der Waals surface area contributed by atoms with Crippen molar-refractivity contribution in [3.8, 4) is 0 Å². The number of halogens is 4. The topological polar surface area (TPSA) is 134 Å². The molecule has 2 saturated heterocycles. The maximum atomic E-state index is 15.0. The average Bonchev–Trinajstić information content (AvgIpc) is 3.28. The highest BCUT2D eigenvalue weighted by atomic mass is 35.5. The number of hydrogen-bond donors (Lipinski definition) is 1. The van der Waals surface area contributed by atoms with Crippen LogP contribution in [0.15, 0.2) is 117 Å². The Labute approximate surface area is 383 Å². The number of thioether (sulfide) groups is 1. The molecule has 0 unspecified atom stereocenters. The third kappa shape index (κ3) is 11.8. The van der Waals surface area contributed by atoms with E-state index in [2.05, 4.69) is 26.8 Å². The van der Waals surface area contributed by atoms with Crippen molar-refractivity contribution in [2.45, 2.75) is 57.5 Å². The van der Waals surface area contributed by atoms with Gasteiger partial charge in [-0.25, -0.2) is 22.0 Å². The Bertz CT molecular complexity index is 2470.